The lowest BCUT2D eigenvalue weighted by Gasteiger charge is -2.36. The molecular formula is C60H99F3N8O4. The van der Waals surface area contributed by atoms with Crippen molar-refractivity contribution in [1.82, 2.24) is 30.8 Å². The second-order valence-electron chi connectivity index (χ2n) is 20.1. The van der Waals surface area contributed by atoms with Crippen molar-refractivity contribution in [2.75, 3.05) is 38.7 Å². The van der Waals surface area contributed by atoms with E-state index in [0.717, 1.165) is 91.4 Å². The number of hydrogen-bond donors (Lipinski definition) is 6. The van der Waals surface area contributed by atoms with Gasteiger partial charge in [-0.1, -0.05) is 125 Å². The predicted octanol–water partition coefficient (Wildman–Crippen LogP) is 12.1. The summed E-state index contributed by atoms with van der Waals surface area (Å²) >= 11 is 0. The highest BCUT2D eigenvalue weighted by Gasteiger charge is 2.36. The number of imidazole rings is 1. The third-order valence-electron chi connectivity index (χ3n) is 12.5. The molecule has 2 aromatic rings. The number of aromatic amines is 1. The number of anilines is 1. The molecule has 12 nitrogen and oxygen atoms in total. The molecule has 7 N–H and O–H groups in total. The molecule has 4 rings (SSSR count). The lowest BCUT2D eigenvalue weighted by atomic mass is 10.00. The number of aryl methyl sites for hydroxylation is 1. The van der Waals surface area contributed by atoms with Crippen molar-refractivity contribution >= 4 is 17.6 Å². The molecule has 0 aliphatic carbocycles. The van der Waals surface area contributed by atoms with Gasteiger partial charge in [-0.3, -0.25) is 10.1 Å². The monoisotopic (exact) mass is 1050 g/mol. The number of nitrogens with one attached hydrogen (secondary N) is 4. The van der Waals surface area contributed by atoms with Crippen LogP contribution in [0.1, 0.15) is 152 Å². The number of nitrogens with zero attached hydrogens (tertiary/aromatic N) is 3. The summed E-state index contributed by atoms with van der Waals surface area (Å²) < 4.78 is 43.9. The van der Waals surface area contributed by atoms with Crippen molar-refractivity contribution in [2.24, 2.45) is 23.5 Å². The van der Waals surface area contributed by atoms with E-state index in [1.54, 1.807) is 26.0 Å². The van der Waals surface area contributed by atoms with Crippen LogP contribution in [0.15, 0.2) is 90.8 Å². The third kappa shape index (κ3) is 27.5. The van der Waals surface area contributed by atoms with Gasteiger partial charge in [-0.15, -0.1) is 12.3 Å². The van der Waals surface area contributed by atoms with Gasteiger partial charge < -0.3 is 41.0 Å². The minimum atomic E-state index is -4.36. The van der Waals surface area contributed by atoms with Crippen LogP contribution in [0.4, 0.5) is 23.7 Å². The van der Waals surface area contributed by atoms with Gasteiger partial charge >= 0.3 is 12.3 Å². The minimum absolute atomic E-state index is 0.0135. The number of likely N-dealkylation sites (tertiary alicyclic amines) is 1. The Kier molecular flexibility index (Phi) is 35.8. The number of hydrogen-bond acceptors (Lipinski definition) is 10. The number of H-pyrrole nitrogens is 1. The number of unbranched alkanes of at least 4 members (excludes halogenated alkanes) is 2. The molecule has 0 saturated carbocycles. The zero-order chi connectivity index (χ0) is 57.3. The maximum Gasteiger partial charge on any atom is 0.416 e. The Morgan fingerprint density at radius 1 is 0.987 bits per heavy atom. The zero-order valence-corrected chi connectivity index (χ0v) is 48.4. The molecule has 2 aliphatic rings. The van der Waals surface area contributed by atoms with Crippen molar-refractivity contribution in [1.29, 1.82) is 0 Å². The van der Waals surface area contributed by atoms with Gasteiger partial charge in [-0.2, -0.15) is 13.2 Å². The number of methoxy groups -OCH3 is 1. The van der Waals surface area contributed by atoms with Gasteiger partial charge in [-0.25, -0.2) is 9.78 Å². The van der Waals surface area contributed by atoms with E-state index in [1.807, 2.05) is 33.2 Å². The van der Waals surface area contributed by atoms with Crippen LogP contribution in [0.2, 0.25) is 0 Å². The number of carbonyl (C=O) groups excluding carboxylic acids is 2. The highest BCUT2D eigenvalue weighted by atomic mass is 19.4. The number of alkyl carbamates (subject to hydrolysis) is 1. The van der Waals surface area contributed by atoms with Crippen LogP contribution in [-0.2, 0) is 28.5 Å². The van der Waals surface area contributed by atoms with Crippen LogP contribution >= 0.6 is 0 Å². The maximum atomic E-state index is 13.2. The Balaban J connectivity index is 0.00000119. The molecule has 1 aromatic carbocycles. The van der Waals surface area contributed by atoms with E-state index in [2.05, 4.69) is 139 Å². The Morgan fingerprint density at radius 2 is 1.60 bits per heavy atom. The number of aromatic nitrogens is 2. The Morgan fingerprint density at radius 3 is 2.05 bits per heavy atom. The number of nitrogens with two attached hydrogens (primary N) is 1. The van der Waals surface area contributed by atoms with Gasteiger partial charge in [0.25, 0.3) is 0 Å². The molecule has 424 valence electrons. The largest absolute Gasteiger partial charge is 0.453 e. The molecule has 4 unspecified atom stereocenters. The number of carbonyl (C=O) groups is 2. The predicted molar refractivity (Wildman–Crippen MR) is 307 cm³/mol. The van der Waals surface area contributed by atoms with Gasteiger partial charge in [-0.05, 0) is 113 Å². The number of benzene rings is 1. The van der Waals surface area contributed by atoms with Gasteiger partial charge in [0.2, 0.25) is 0 Å². The van der Waals surface area contributed by atoms with Gasteiger partial charge in [0, 0.05) is 67.8 Å². The number of rotatable bonds is 23. The summed E-state index contributed by atoms with van der Waals surface area (Å²) in [5, 5.41) is 18.5. The number of ketones is 1. The number of likely N-dealkylation sites (N-methyl/N-ethyl adjacent to an activating group) is 1. The number of amides is 1. The number of Topliss-reactive ketones (excluding diaryl/α,β-unsaturated/α-hetero) is 1. The first-order valence-electron chi connectivity index (χ1n) is 27.1. The number of aliphatic hydroxyl groups excluding tert-OH is 1. The van der Waals surface area contributed by atoms with Crippen molar-refractivity contribution in [3.05, 3.63) is 108 Å². The molecule has 1 aromatic heterocycles. The van der Waals surface area contributed by atoms with Crippen molar-refractivity contribution in [2.45, 2.75) is 190 Å². The molecule has 2 saturated heterocycles. The normalized spacial score (nSPS) is 17.7. The number of halogens is 3. The second kappa shape index (κ2) is 38.4. The van der Waals surface area contributed by atoms with E-state index in [9.17, 15) is 27.9 Å². The number of aliphatic hydroxyl groups is 1. The highest BCUT2D eigenvalue weighted by Crippen LogP contribution is 2.38. The molecule has 2 aliphatic heterocycles. The molecule has 0 spiro atoms. The Bertz CT molecular complexity index is 2050. The summed E-state index contributed by atoms with van der Waals surface area (Å²) in [6.07, 6.45) is 22.2. The fourth-order valence-electron chi connectivity index (χ4n) is 8.88. The number of terminal acetylenes is 1. The van der Waals surface area contributed by atoms with Gasteiger partial charge in [0.1, 0.15) is 12.1 Å². The number of ether oxygens (including phenoxy) is 1. The average molecular weight is 1050 g/mol. The average Bonchev–Trinajstić information content (AvgIpc) is 4.13. The van der Waals surface area contributed by atoms with E-state index in [4.69, 9.17) is 5.73 Å². The summed E-state index contributed by atoms with van der Waals surface area (Å²) in [7, 11) is 3.26. The molecule has 3 heterocycles. The smallest absolute Gasteiger partial charge is 0.416 e. The summed E-state index contributed by atoms with van der Waals surface area (Å²) in [6.45, 7) is 34.8. The fraction of sp³-hybridized carbons (Fsp3) is 0.617. The van der Waals surface area contributed by atoms with Gasteiger partial charge in [0.15, 0.2) is 5.78 Å². The second-order valence-corrected chi connectivity index (χ2v) is 20.1. The summed E-state index contributed by atoms with van der Waals surface area (Å²) in [4.78, 5) is 34.0. The lowest BCUT2D eigenvalue weighted by molar-refractivity contribution is -0.137. The van der Waals surface area contributed by atoms with E-state index < -0.39 is 30.1 Å². The van der Waals surface area contributed by atoms with Crippen LogP contribution in [0.3, 0.4) is 0 Å². The van der Waals surface area contributed by atoms with Crippen LogP contribution in [0, 0.1) is 30.1 Å². The number of alkyl halides is 3. The first-order chi connectivity index (χ1) is 35.4. The topological polar surface area (TPSA) is 161 Å². The fourth-order valence-corrected chi connectivity index (χ4v) is 8.88. The summed E-state index contributed by atoms with van der Waals surface area (Å²) in [5.41, 5.74) is 10.2. The third-order valence-corrected chi connectivity index (χ3v) is 12.5. The molecule has 15 heteroatoms. The lowest BCUT2D eigenvalue weighted by Crippen LogP contribution is -2.48. The van der Waals surface area contributed by atoms with E-state index >= 15 is 0 Å². The first-order valence-corrected chi connectivity index (χ1v) is 27.1. The van der Waals surface area contributed by atoms with Crippen LogP contribution < -0.4 is 26.6 Å². The van der Waals surface area contributed by atoms with Crippen LogP contribution in [0.25, 0.3) is 0 Å². The Hall–Kier alpha value is -5.14. The zero-order valence-electron chi connectivity index (χ0n) is 48.4. The van der Waals surface area contributed by atoms with E-state index in [0.29, 0.717) is 24.4 Å². The molecule has 6 atom stereocenters. The van der Waals surface area contributed by atoms with Crippen LogP contribution in [-0.4, -0.2) is 102 Å². The first kappa shape index (κ1) is 69.9. The number of allylic oxidation sites excluding steroid dienone is 2. The SMILES string of the molecule is C#CC.C=C(/C=C\Cc1cnc(CC)[nH]1)C1CCC(C/C=C\C(=C/C(C)C)CN)N1c1ccc(C(F)(F)F)cc1.C=C(C(NC(C)O)C(C)C)N1CCC[C@H]1CNC.CCCCC.COC(=O)N[C@H](C(C)=O)C(C)C. The molecule has 1 amide bonds. The van der Waals surface area contributed by atoms with E-state index in [-0.39, 0.29) is 29.8 Å². The molecule has 0 radical (unpaired) electrons. The standard InChI is InChI=1S/C30H39F3N4.C14H29N3O.C8H15NO3.C5H12.C3H4/c1-5-29-35-20-25(36-29)10-6-8-22(4)28-17-16-26(11-7-9-23(19-34)18-21(2)3)37(28)27-14-12-24(13-15-27)30(31,32)33;1-10(2)14(16-12(4)18)11(3)17-8-6-7-13(17)9-15-5;1-5(2)7(6(3)10)9-8(11)12-4;1-3-5-4-2;1-3-2/h6-9,12-15,18,20-21,26,28H,4-5,10-11,16-17,19,34H2,1-3H3,(H,35,36);10,12-16,18H,3,6-9H2,1-2,4-5H3;5,7H,1-4H3,(H,9,11);3-5H2,1-2H3;1H,2H3/b8-6-,9-7-,23-18+;;;;/t;12?,13-,14?;7-;;/m.00../s1. The Labute approximate surface area is 451 Å². The summed E-state index contributed by atoms with van der Waals surface area (Å²) in [6, 6.07) is 5.89. The van der Waals surface area contributed by atoms with Crippen molar-refractivity contribution in [3.8, 4) is 12.3 Å². The highest BCUT2D eigenvalue weighted by molar-refractivity contribution is 5.85. The quantitative estimate of drug-likeness (QED) is 0.0359. The van der Waals surface area contributed by atoms with Crippen LogP contribution in [0.5, 0.6) is 0 Å². The molecule has 0 bridgehead atoms. The maximum absolute atomic E-state index is 13.2. The van der Waals surface area contributed by atoms with Gasteiger partial charge in [0.05, 0.1) is 30.8 Å². The molecular weight excluding hydrogens is 954 g/mol. The van der Waals surface area contributed by atoms with Crippen molar-refractivity contribution in [3.63, 3.8) is 0 Å². The minimum Gasteiger partial charge on any atom is -0.453 e. The van der Waals surface area contributed by atoms with Crippen molar-refractivity contribution < 1.29 is 32.6 Å². The molecule has 2 fully saturated rings. The van der Waals surface area contributed by atoms with E-state index in [1.165, 1.54) is 46.1 Å². The molecule has 75 heavy (non-hydrogen) atoms. The summed E-state index contributed by atoms with van der Waals surface area (Å²) in [5.74, 6) is 4.07.